The number of carboxylic acids is 1. The first kappa shape index (κ1) is 19.4. The second kappa shape index (κ2) is 8.62. The maximum absolute atomic E-state index is 11.2. The molecule has 152 valence electrons. The Bertz CT molecular complexity index is 1180. The molecule has 0 atom stereocenters. The summed E-state index contributed by atoms with van der Waals surface area (Å²) in [7, 11) is 1.61. The van der Waals surface area contributed by atoms with E-state index in [2.05, 4.69) is 25.3 Å². The lowest BCUT2D eigenvalue weighted by atomic mass is 10.1. The predicted octanol–water partition coefficient (Wildman–Crippen LogP) is 1.90. The molecule has 0 radical (unpaired) electrons. The average Bonchev–Trinajstić information content (AvgIpc) is 3.16. The SMILES string of the molecule is COCCOc1cnc(-c2cccc(Cc3nnc4ccc(C(=O)O)nn34)c2)nc1. The van der Waals surface area contributed by atoms with Crippen LogP contribution in [0.15, 0.2) is 48.8 Å². The summed E-state index contributed by atoms with van der Waals surface area (Å²) >= 11 is 0. The van der Waals surface area contributed by atoms with E-state index in [0.29, 0.717) is 42.7 Å². The maximum Gasteiger partial charge on any atom is 0.356 e. The highest BCUT2D eigenvalue weighted by molar-refractivity contribution is 5.85. The molecule has 0 saturated carbocycles. The Morgan fingerprint density at radius 2 is 1.93 bits per heavy atom. The van der Waals surface area contributed by atoms with E-state index in [4.69, 9.17) is 14.6 Å². The molecule has 0 saturated heterocycles. The van der Waals surface area contributed by atoms with Crippen molar-refractivity contribution in [3.63, 3.8) is 0 Å². The molecular weight excluding hydrogens is 388 g/mol. The summed E-state index contributed by atoms with van der Waals surface area (Å²) in [4.78, 5) is 19.9. The summed E-state index contributed by atoms with van der Waals surface area (Å²) < 4.78 is 11.9. The van der Waals surface area contributed by atoms with Crippen LogP contribution in [0.2, 0.25) is 0 Å². The summed E-state index contributed by atoms with van der Waals surface area (Å²) in [6.07, 6.45) is 3.66. The molecule has 10 heteroatoms. The van der Waals surface area contributed by atoms with Gasteiger partial charge in [0.1, 0.15) is 6.61 Å². The summed E-state index contributed by atoms with van der Waals surface area (Å²) in [6, 6.07) is 10.7. The molecule has 0 aliphatic carbocycles. The van der Waals surface area contributed by atoms with Gasteiger partial charge in [0.25, 0.3) is 0 Å². The van der Waals surface area contributed by atoms with Crippen LogP contribution in [0, 0.1) is 0 Å². The van der Waals surface area contributed by atoms with E-state index in [0.717, 1.165) is 11.1 Å². The molecule has 1 N–H and O–H groups in total. The zero-order chi connectivity index (χ0) is 20.9. The number of aromatic nitrogens is 6. The van der Waals surface area contributed by atoms with E-state index >= 15 is 0 Å². The lowest BCUT2D eigenvalue weighted by Gasteiger charge is -2.07. The molecule has 30 heavy (non-hydrogen) atoms. The molecular formula is C20H18N6O4. The number of nitrogens with zero attached hydrogens (tertiary/aromatic N) is 6. The molecule has 0 bridgehead atoms. The molecule has 0 amide bonds. The van der Waals surface area contributed by atoms with Gasteiger partial charge in [0, 0.05) is 19.1 Å². The molecule has 0 fully saturated rings. The molecule has 3 aromatic heterocycles. The molecule has 4 aromatic rings. The predicted molar refractivity (Wildman–Crippen MR) is 105 cm³/mol. The molecule has 0 aliphatic heterocycles. The van der Waals surface area contributed by atoms with Crippen molar-refractivity contribution in [2.45, 2.75) is 6.42 Å². The van der Waals surface area contributed by atoms with Crippen LogP contribution < -0.4 is 4.74 Å². The summed E-state index contributed by atoms with van der Waals surface area (Å²) in [5, 5.41) is 21.4. The van der Waals surface area contributed by atoms with Crippen molar-refractivity contribution >= 4 is 11.6 Å². The van der Waals surface area contributed by atoms with Gasteiger partial charge in [-0.25, -0.2) is 14.8 Å². The third kappa shape index (κ3) is 4.23. The Labute approximate surface area is 171 Å². The monoisotopic (exact) mass is 406 g/mol. The summed E-state index contributed by atoms with van der Waals surface area (Å²) in [6.45, 7) is 0.919. The topological polar surface area (TPSA) is 125 Å². The van der Waals surface area contributed by atoms with E-state index in [1.54, 1.807) is 25.6 Å². The Balaban J connectivity index is 1.55. The zero-order valence-electron chi connectivity index (χ0n) is 16.1. The second-order valence-corrected chi connectivity index (χ2v) is 6.37. The first-order valence-electron chi connectivity index (χ1n) is 9.12. The molecule has 4 rings (SSSR count). The van der Waals surface area contributed by atoms with Gasteiger partial charge in [0.05, 0.1) is 19.0 Å². The third-order valence-electron chi connectivity index (χ3n) is 4.28. The minimum atomic E-state index is -1.11. The van der Waals surface area contributed by atoms with Crippen LogP contribution in [0.1, 0.15) is 21.9 Å². The van der Waals surface area contributed by atoms with Crippen molar-refractivity contribution in [2.24, 2.45) is 0 Å². The number of carbonyl (C=O) groups is 1. The third-order valence-corrected chi connectivity index (χ3v) is 4.28. The highest BCUT2D eigenvalue weighted by atomic mass is 16.5. The normalized spacial score (nSPS) is 11.0. The number of fused-ring (bicyclic) bond motifs is 1. The summed E-state index contributed by atoms with van der Waals surface area (Å²) in [5.74, 6) is 0.564. The maximum atomic E-state index is 11.2. The molecule has 0 unspecified atom stereocenters. The average molecular weight is 406 g/mol. The fourth-order valence-corrected chi connectivity index (χ4v) is 2.84. The highest BCUT2D eigenvalue weighted by Gasteiger charge is 2.12. The van der Waals surface area contributed by atoms with Crippen molar-refractivity contribution < 1.29 is 19.4 Å². The van der Waals surface area contributed by atoms with Crippen LogP contribution in [0.5, 0.6) is 5.75 Å². The van der Waals surface area contributed by atoms with Gasteiger partial charge in [0.2, 0.25) is 0 Å². The highest BCUT2D eigenvalue weighted by Crippen LogP contribution is 2.19. The van der Waals surface area contributed by atoms with Crippen molar-refractivity contribution in [1.82, 2.24) is 29.8 Å². The van der Waals surface area contributed by atoms with Gasteiger partial charge in [-0.15, -0.1) is 10.2 Å². The van der Waals surface area contributed by atoms with Crippen LogP contribution in [0.25, 0.3) is 17.0 Å². The zero-order valence-corrected chi connectivity index (χ0v) is 16.1. The fraction of sp³-hybridized carbons (Fsp3) is 0.200. The van der Waals surface area contributed by atoms with Gasteiger partial charge in [0.15, 0.2) is 28.7 Å². The van der Waals surface area contributed by atoms with E-state index in [9.17, 15) is 4.79 Å². The number of rotatable bonds is 8. The van der Waals surface area contributed by atoms with Crippen LogP contribution >= 0.6 is 0 Å². The molecule has 3 heterocycles. The van der Waals surface area contributed by atoms with E-state index < -0.39 is 5.97 Å². The van der Waals surface area contributed by atoms with Crippen molar-refractivity contribution in [3.05, 3.63) is 65.9 Å². The number of carboxylic acid groups (broad SMARTS) is 1. The number of aromatic carboxylic acids is 1. The number of hydrogen-bond acceptors (Lipinski definition) is 8. The Morgan fingerprint density at radius 3 is 2.70 bits per heavy atom. The quantitative estimate of drug-likeness (QED) is 0.437. The van der Waals surface area contributed by atoms with Gasteiger partial charge in [-0.3, -0.25) is 0 Å². The van der Waals surface area contributed by atoms with E-state index in [-0.39, 0.29) is 5.69 Å². The van der Waals surface area contributed by atoms with Gasteiger partial charge in [-0.1, -0.05) is 18.2 Å². The number of benzene rings is 1. The van der Waals surface area contributed by atoms with Crippen molar-refractivity contribution in [2.75, 3.05) is 20.3 Å². The van der Waals surface area contributed by atoms with Gasteiger partial charge in [-0.05, 0) is 23.8 Å². The second-order valence-electron chi connectivity index (χ2n) is 6.37. The van der Waals surface area contributed by atoms with Crippen LogP contribution in [0.4, 0.5) is 0 Å². The lowest BCUT2D eigenvalue weighted by Crippen LogP contribution is -2.07. The lowest BCUT2D eigenvalue weighted by molar-refractivity contribution is 0.0689. The van der Waals surface area contributed by atoms with Crippen LogP contribution in [-0.2, 0) is 11.2 Å². The number of methoxy groups -OCH3 is 1. The molecule has 0 aliphatic rings. The standard InChI is InChI=1S/C20H18N6O4/c1-29-7-8-30-15-11-21-19(22-12-15)14-4-2-3-13(9-14)10-18-24-23-17-6-5-16(20(27)28)25-26(17)18/h2-6,9,11-12H,7-8,10H2,1H3,(H,27,28). The summed E-state index contributed by atoms with van der Waals surface area (Å²) in [5.41, 5.74) is 2.19. The molecule has 0 spiro atoms. The smallest absolute Gasteiger partial charge is 0.356 e. The Morgan fingerprint density at radius 1 is 1.10 bits per heavy atom. The van der Waals surface area contributed by atoms with Crippen molar-refractivity contribution in [1.29, 1.82) is 0 Å². The number of hydrogen-bond donors (Lipinski definition) is 1. The van der Waals surface area contributed by atoms with Crippen molar-refractivity contribution in [3.8, 4) is 17.1 Å². The van der Waals surface area contributed by atoms with E-state index in [1.165, 1.54) is 10.6 Å². The fourth-order valence-electron chi connectivity index (χ4n) is 2.84. The Hall–Kier alpha value is -3.92. The van der Waals surface area contributed by atoms with E-state index in [1.807, 2.05) is 24.3 Å². The minimum absolute atomic E-state index is 0.0708. The molecule has 10 nitrogen and oxygen atoms in total. The van der Waals surface area contributed by atoms with Gasteiger partial charge in [-0.2, -0.15) is 9.61 Å². The Kier molecular flexibility index (Phi) is 5.57. The van der Waals surface area contributed by atoms with Crippen LogP contribution in [-0.4, -0.2) is 61.2 Å². The van der Waals surface area contributed by atoms with Gasteiger partial charge >= 0.3 is 5.97 Å². The molecule has 1 aromatic carbocycles. The first-order valence-corrected chi connectivity index (χ1v) is 9.12. The number of ether oxygens (including phenoxy) is 2. The minimum Gasteiger partial charge on any atom is -0.488 e. The van der Waals surface area contributed by atoms with Gasteiger partial charge < -0.3 is 14.6 Å². The van der Waals surface area contributed by atoms with Crippen LogP contribution in [0.3, 0.4) is 0 Å². The largest absolute Gasteiger partial charge is 0.488 e. The first-order chi connectivity index (χ1) is 14.6.